The molecule has 4 nitrogen and oxygen atoms in total. The van der Waals surface area contributed by atoms with Crippen molar-refractivity contribution < 1.29 is 9.59 Å². The van der Waals surface area contributed by atoms with Crippen LogP contribution in [0.1, 0.15) is 65.7 Å². The van der Waals surface area contributed by atoms with Crippen LogP contribution in [-0.2, 0) is 9.59 Å². The SMILES string of the molecule is CCC1C(=O)NC2(CCCCC2)C(=O)N1C1CC1(C)C. The molecule has 1 heterocycles. The van der Waals surface area contributed by atoms with Gasteiger partial charge in [-0.25, -0.2) is 0 Å². The highest BCUT2D eigenvalue weighted by Gasteiger charge is 2.59. The molecular formula is C16H26N2O2. The predicted octanol–water partition coefficient (Wildman–Crippen LogP) is 2.22. The third kappa shape index (κ3) is 1.95. The van der Waals surface area contributed by atoms with Crippen LogP contribution >= 0.6 is 0 Å². The molecule has 0 bridgehead atoms. The Morgan fingerprint density at radius 2 is 1.80 bits per heavy atom. The third-order valence-electron chi connectivity index (χ3n) is 5.54. The van der Waals surface area contributed by atoms with E-state index < -0.39 is 5.54 Å². The van der Waals surface area contributed by atoms with Crippen molar-refractivity contribution in [3.63, 3.8) is 0 Å². The summed E-state index contributed by atoms with van der Waals surface area (Å²) < 4.78 is 0. The highest BCUT2D eigenvalue weighted by Crippen LogP contribution is 2.51. The van der Waals surface area contributed by atoms with Crippen molar-refractivity contribution in [3.8, 4) is 0 Å². The van der Waals surface area contributed by atoms with Crippen LogP contribution in [0, 0.1) is 5.41 Å². The second-order valence-electron chi connectivity index (χ2n) is 7.48. The van der Waals surface area contributed by atoms with E-state index in [9.17, 15) is 9.59 Å². The molecule has 2 saturated carbocycles. The van der Waals surface area contributed by atoms with E-state index in [4.69, 9.17) is 0 Å². The lowest BCUT2D eigenvalue weighted by molar-refractivity contribution is -0.158. The molecule has 3 aliphatic rings. The Labute approximate surface area is 121 Å². The quantitative estimate of drug-likeness (QED) is 0.842. The minimum atomic E-state index is -0.584. The Bertz CT molecular complexity index is 438. The first kappa shape index (κ1) is 13.9. The molecule has 4 heteroatoms. The van der Waals surface area contributed by atoms with Gasteiger partial charge in [0.25, 0.3) is 0 Å². The zero-order valence-corrected chi connectivity index (χ0v) is 12.9. The molecule has 3 rings (SSSR count). The van der Waals surface area contributed by atoms with E-state index >= 15 is 0 Å². The van der Waals surface area contributed by atoms with Crippen LogP contribution in [0.4, 0.5) is 0 Å². The van der Waals surface area contributed by atoms with Gasteiger partial charge in [-0.15, -0.1) is 0 Å². The van der Waals surface area contributed by atoms with Gasteiger partial charge in [0.05, 0.1) is 0 Å². The van der Waals surface area contributed by atoms with E-state index in [1.165, 1.54) is 6.42 Å². The molecule has 0 aromatic heterocycles. The lowest BCUT2D eigenvalue weighted by Gasteiger charge is -2.48. The summed E-state index contributed by atoms with van der Waals surface area (Å²) in [5, 5.41) is 3.09. The van der Waals surface area contributed by atoms with Crippen molar-refractivity contribution in [1.29, 1.82) is 0 Å². The standard InChI is InChI=1S/C16H26N2O2/c1-4-11-13(19)17-16(8-6-5-7-9-16)14(20)18(11)12-10-15(12,2)3/h11-12H,4-10H2,1-3H3,(H,17,19). The number of carbonyl (C=O) groups excluding carboxylic acids is 2. The summed E-state index contributed by atoms with van der Waals surface area (Å²) in [6.45, 7) is 6.38. The van der Waals surface area contributed by atoms with Gasteiger partial charge in [-0.05, 0) is 31.1 Å². The van der Waals surface area contributed by atoms with Gasteiger partial charge in [-0.1, -0.05) is 40.0 Å². The highest BCUT2D eigenvalue weighted by molar-refractivity contribution is 6.00. The molecule has 2 unspecified atom stereocenters. The van der Waals surface area contributed by atoms with Gasteiger partial charge in [0, 0.05) is 6.04 Å². The van der Waals surface area contributed by atoms with Crippen LogP contribution in [0.15, 0.2) is 0 Å². The average molecular weight is 278 g/mol. The molecule has 0 aromatic carbocycles. The van der Waals surface area contributed by atoms with Gasteiger partial charge < -0.3 is 10.2 Å². The van der Waals surface area contributed by atoms with Gasteiger partial charge in [0.15, 0.2) is 0 Å². The van der Waals surface area contributed by atoms with E-state index in [0.717, 1.165) is 32.1 Å². The van der Waals surface area contributed by atoms with Crippen LogP contribution in [0.25, 0.3) is 0 Å². The molecule has 0 radical (unpaired) electrons. The number of nitrogens with one attached hydrogen (secondary N) is 1. The van der Waals surface area contributed by atoms with Crippen molar-refractivity contribution in [2.75, 3.05) is 0 Å². The minimum absolute atomic E-state index is 0.0664. The second kappa shape index (κ2) is 4.47. The zero-order chi connectivity index (χ0) is 14.5. The first-order valence-corrected chi connectivity index (χ1v) is 8.06. The summed E-state index contributed by atoms with van der Waals surface area (Å²) in [6.07, 6.45) is 6.64. The van der Waals surface area contributed by atoms with Crippen molar-refractivity contribution in [1.82, 2.24) is 10.2 Å². The Morgan fingerprint density at radius 1 is 1.20 bits per heavy atom. The molecule has 1 spiro atoms. The van der Waals surface area contributed by atoms with Gasteiger partial charge >= 0.3 is 0 Å². The summed E-state index contributed by atoms with van der Waals surface area (Å²) in [7, 11) is 0. The number of hydrogen-bond acceptors (Lipinski definition) is 2. The summed E-state index contributed by atoms with van der Waals surface area (Å²) >= 11 is 0. The number of amides is 2. The lowest BCUT2D eigenvalue weighted by Crippen LogP contribution is -2.71. The number of carbonyl (C=O) groups is 2. The largest absolute Gasteiger partial charge is 0.340 e. The number of piperazine rings is 1. The average Bonchev–Trinajstić information content (AvgIpc) is 3.03. The van der Waals surface area contributed by atoms with Crippen LogP contribution in [0.5, 0.6) is 0 Å². The molecule has 1 N–H and O–H groups in total. The number of hydrogen-bond donors (Lipinski definition) is 1. The zero-order valence-electron chi connectivity index (χ0n) is 12.9. The Balaban J connectivity index is 1.91. The minimum Gasteiger partial charge on any atom is -0.340 e. The molecule has 2 amide bonds. The fraction of sp³-hybridized carbons (Fsp3) is 0.875. The van der Waals surface area contributed by atoms with Gasteiger partial charge in [-0.3, -0.25) is 9.59 Å². The van der Waals surface area contributed by atoms with Gasteiger partial charge in [0.2, 0.25) is 11.8 Å². The molecule has 0 aromatic rings. The molecule has 1 saturated heterocycles. The summed E-state index contributed by atoms with van der Waals surface area (Å²) in [4.78, 5) is 27.5. The summed E-state index contributed by atoms with van der Waals surface area (Å²) in [5.41, 5.74) is -0.407. The first-order chi connectivity index (χ1) is 9.41. The maximum absolute atomic E-state index is 13.1. The molecule has 20 heavy (non-hydrogen) atoms. The summed E-state index contributed by atoms with van der Waals surface area (Å²) in [5.74, 6) is 0.260. The first-order valence-electron chi connectivity index (χ1n) is 8.06. The maximum atomic E-state index is 13.1. The van der Waals surface area contributed by atoms with Crippen molar-refractivity contribution in [2.24, 2.45) is 5.41 Å². The van der Waals surface area contributed by atoms with Crippen LogP contribution in [0.3, 0.4) is 0 Å². The predicted molar refractivity (Wildman–Crippen MR) is 77.1 cm³/mol. The smallest absolute Gasteiger partial charge is 0.249 e. The summed E-state index contributed by atoms with van der Waals surface area (Å²) in [6, 6.07) is -0.00775. The number of rotatable bonds is 2. The van der Waals surface area contributed by atoms with E-state index in [-0.39, 0.29) is 29.3 Å². The van der Waals surface area contributed by atoms with Crippen LogP contribution < -0.4 is 5.32 Å². The normalized spacial score (nSPS) is 35.0. The molecule has 112 valence electrons. The van der Waals surface area contributed by atoms with Crippen LogP contribution in [0.2, 0.25) is 0 Å². The fourth-order valence-electron chi connectivity index (χ4n) is 4.04. The maximum Gasteiger partial charge on any atom is 0.249 e. The second-order valence-corrected chi connectivity index (χ2v) is 7.48. The van der Waals surface area contributed by atoms with Crippen molar-refractivity contribution in [3.05, 3.63) is 0 Å². The molecule has 2 atom stereocenters. The van der Waals surface area contributed by atoms with E-state index in [2.05, 4.69) is 19.2 Å². The lowest BCUT2D eigenvalue weighted by atomic mass is 9.78. The Morgan fingerprint density at radius 3 is 2.30 bits per heavy atom. The topological polar surface area (TPSA) is 49.4 Å². The number of nitrogens with zero attached hydrogens (tertiary/aromatic N) is 1. The molecular weight excluding hydrogens is 252 g/mol. The van der Waals surface area contributed by atoms with E-state index in [1.807, 2.05) is 11.8 Å². The molecule has 3 fully saturated rings. The highest BCUT2D eigenvalue weighted by atomic mass is 16.2. The Kier molecular flexibility index (Phi) is 3.11. The van der Waals surface area contributed by atoms with Crippen LogP contribution in [-0.4, -0.2) is 34.3 Å². The van der Waals surface area contributed by atoms with Gasteiger partial charge in [-0.2, -0.15) is 0 Å². The van der Waals surface area contributed by atoms with Crippen molar-refractivity contribution in [2.45, 2.75) is 83.3 Å². The molecule has 1 aliphatic heterocycles. The fourth-order valence-corrected chi connectivity index (χ4v) is 4.04. The third-order valence-corrected chi connectivity index (χ3v) is 5.54. The van der Waals surface area contributed by atoms with Crippen molar-refractivity contribution >= 4 is 11.8 Å². The monoisotopic (exact) mass is 278 g/mol. The van der Waals surface area contributed by atoms with E-state index in [0.29, 0.717) is 6.42 Å². The van der Waals surface area contributed by atoms with E-state index in [1.54, 1.807) is 0 Å². The van der Waals surface area contributed by atoms with Gasteiger partial charge in [0.1, 0.15) is 11.6 Å². The molecule has 2 aliphatic carbocycles. The Hall–Kier alpha value is -1.06.